The Bertz CT molecular complexity index is 1380. The minimum absolute atomic E-state index is 0.113. The summed E-state index contributed by atoms with van der Waals surface area (Å²) in [7, 11) is 0. The van der Waals surface area contributed by atoms with Gasteiger partial charge in [-0.2, -0.15) is 0 Å². The van der Waals surface area contributed by atoms with Crippen LogP contribution in [0.5, 0.6) is 11.5 Å². The van der Waals surface area contributed by atoms with E-state index in [-0.39, 0.29) is 12.1 Å². The van der Waals surface area contributed by atoms with Crippen LogP contribution in [0.15, 0.2) is 23.0 Å². The lowest BCUT2D eigenvalue weighted by Gasteiger charge is -2.25. The second kappa shape index (κ2) is 7.31. The molecule has 1 atom stereocenters. The molecule has 33 heavy (non-hydrogen) atoms. The predicted molar refractivity (Wildman–Crippen MR) is 121 cm³/mol. The molecule has 3 aliphatic rings. The van der Waals surface area contributed by atoms with Crippen molar-refractivity contribution in [3.05, 3.63) is 50.4 Å². The summed E-state index contributed by atoms with van der Waals surface area (Å²) in [5.41, 5.74) is 0.216. The summed E-state index contributed by atoms with van der Waals surface area (Å²) >= 11 is 1.54. The van der Waals surface area contributed by atoms with E-state index in [1.165, 1.54) is 16.2 Å². The highest BCUT2D eigenvalue weighted by atomic mass is 32.1. The first kappa shape index (κ1) is 20.2. The summed E-state index contributed by atoms with van der Waals surface area (Å²) in [5, 5.41) is 3.44. The van der Waals surface area contributed by atoms with Crippen molar-refractivity contribution in [3.63, 3.8) is 0 Å². The van der Waals surface area contributed by atoms with Gasteiger partial charge in [-0.3, -0.25) is 14.5 Å². The van der Waals surface area contributed by atoms with Gasteiger partial charge < -0.3 is 19.8 Å². The molecule has 4 heterocycles. The number of aromatic amines is 1. The van der Waals surface area contributed by atoms with Gasteiger partial charge >= 0.3 is 6.03 Å². The van der Waals surface area contributed by atoms with Gasteiger partial charge in [0.1, 0.15) is 29.4 Å². The zero-order chi connectivity index (χ0) is 22.7. The van der Waals surface area contributed by atoms with Crippen LogP contribution in [0, 0.1) is 0 Å². The molecule has 10 heteroatoms. The van der Waals surface area contributed by atoms with Gasteiger partial charge in [0.05, 0.1) is 11.9 Å². The highest BCUT2D eigenvalue weighted by molar-refractivity contribution is 7.18. The van der Waals surface area contributed by atoms with E-state index in [4.69, 9.17) is 9.47 Å². The number of thiophene rings is 1. The van der Waals surface area contributed by atoms with Crippen molar-refractivity contribution in [3.8, 4) is 11.5 Å². The first-order valence-electron chi connectivity index (χ1n) is 11.0. The number of H-pyrrole nitrogens is 1. The molecule has 0 saturated carbocycles. The Hall–Kier alpha value is -3.40. The number of nitrogens with one attached hydrogen (secondary N) is 2. The summed E-state index contributed by atoms with van der Waals surface area (Å²) in [5.74, 6) is 1.02. The molecule has 1 aliphatic carbocycles. The molecule has 3 aromatic rings. The summed E-state index contributed by atoms with van der Waals surface area (Å²) in [4.78, 5) is 49.4. The van der Waals surface area contributed by atoms with Gasteiger partial charge in [0.15, 0.2) is 11.5 Å². The minimum Gasteiger partial charge on any atom is -0.486 e. The number of carbonyl (C=O) groups excluding carboxylic acids is 2. The van der Waals surface area contributed by atoms with Crippen LogP contribution < -0.4 is 20.3 Å². The molecule has 1 saturated heterocycles. The van der Waals surface area contributed by atoms with Crippen LogP contribution in [0.25, 0.3) is 10.2 Å². The summed E-state index contributed by atoms with van der Waals surface area (Å²) in [6.07, 6.45) is 4.04. The highest BCUT2D eigenvalue weighted by Crippen LogP contribution is 2.37. The number of aryl methyl sites for hydroxylation is 2. The molecule has 0 radical (unpaired) electrons. The molecule has 1 aromatic carbocycles. The molecular weight excluding hydrogens is 444 g/mol. The fourth-order valence-corrected chi connectivity index (χ4v) is 6.10. The average molecular weight is 467 g/mol. The molecule has 1 unspecified atom stereocenters. The first-order chi connectivity index (χ1) is 15.9. The fraction of sp³-hybridized carbons (Fsp3) is 0.391. The number of fused-ring (bicyclic) bond motifs is 4. The van der Waals surface area contributed by atoms with Crippen LogP contribution in [-0.4, -0.2) is 40.0 Å². The number of rotatable bonds is 3. The van der Waals surface area contributed by atoms with Crippen molar-refractivity contribution in [2.24, 2.45) is 0 Å². The molecule has 170 valence electrons. The molecule has 0 spiro atoms. The Kier molecular flexibility index (Phi) is 4.48. The van der Waals surface area contributed by atoms with Crippen molar-refractivity contribution < 1.29 is 19.1 Å². The molecule has 9 nitrogen and oxygen atoms in total. The third-order valence-corrected chi connectivity index (χ3v) is 7.76. The summed E-state index contributed by atoms with van der Waals surface area (Å²) in [6, 6.07) is 4.67. The quantitative estimate of drug-likeness (QED) is 0.574. The Labute approximate surface area is 192 Å². The lowest BCUT2D eigenvalue weighted by Crippen LogP contribution is -2.41. The lowest BCUT2D eigenvalue weighted by atomic mass is 9.91. The van der Waals surface area contributed by atoms with E-state index in [1.807, 2.05) is 0 Å². The first-order valence-corrected chi connectivity index (χ1v) is 11.8. The van der Waals surface area contributed by atoms with Crippen molar-refractivity contribution >= 4 is 33.5 Å². The number of aromatic nitrogens is 2. The van der Waals surface area contributed by atoms with Crippen molar-refractivity contribution in [1.82, 2.24) is 20.2 Å². The molecule has 0 bridgehead atoms. The van der Waals surface area contributed by atoms with Gasteiger partial charge in [0.2, 0.25) is 0 Å². The van der Waals surface area contributed by atoms with Crippen LogP contribution >= 0.6 is 11.3 Å². The lowest BCUT2D eigenvalue weighted by molar-refractivity contribution is -0.131. The number of ether oxygens (including phenoxy) is 2. The molecule has 2 aliphatic heterocycles. The number of amides is 3. The van der Waals surface area contributed by atoms with E-state index in [9.17, 15) is 14.4 Å². The molecule has 2 N–H and O–H groups in total. The van der Waals surface area contributed by atoms with E-state index >= 15 is 0 Å². The maximum atomic E-state index is 13.4. The van der Waals surface area contributed by atoms with E-state index in [1.54, 1.807) is 25.1 Å². The monoisotopic (exact) mass is 466 g/mol. The maximum Gasteiger partial charge on any atom is 0.325 e. The molecule has 1 fully saturated rings. The molecular formula is C23H22N4O5S. The number of hydrogen-bond acceptors (Lipinski definition) is 7. The van der Waals surface area contributed by atoms with Crippen molar-refractivity contribution in [1.29, 1.82) is 0 Å². The van der Waals surface area contributed by atoms with Crippen molar-refractivity contribution in [2.45, 2.75) is 44.7 Å². The van der Waals surface area contributed by atoms with E-state index in [0.717, 1.165) is 36.1 Å². The number of nitrogens with zero attached hydrogens (tertiary/aromatic N) is 2. The van der Waals surface area contributed by atoms with Gasteiger partial charge in [-0.15, -0.1) is 11.3 Å². The number of hydrogen-bond donors (Lipinski definition) is 2. The van der Waals surface area contributed by atoms with Crippen LogP contribution in [-0.2, 0) is 29.7 Å². The third kappa shape index (κ3) is 3.12. The number of carbonyl (C=O) groups is 2. The fourth-order valence-electron chi connectivity index (χ4n) is 4.82. The van der Waals surface area contributed by atoms with Crippen LogP contribution in [0.2, 0.25) is 0 Å². The van der Waals surface area contributed by atoms with E-state index in [0.29, 0.717) is 46.3 Å². The number of imide groups is 1. The van der Waals surface area contributed by atoms with Gasteiger partial charge in [-0.25, -0.2) is 9.78 Å². The molecule has 2 aromatic heterocycles. The SMILES string of the molecule is CC1(c2ccc3c(c2)OCCO3)NC(=O)N(Cc2nc3sc4c(c3c(=O)[nH]2)CCCC4)C1=O. The minimum atomic E-state index is -1.26. The Morgan fingerprint density at radius 2 is 1.91 bits per heavy atom. The van der Waals surface area contributed by atoms with E-state index < -0.39 is 17.5 Å². The van der Waals surface area contributed by atoms with Crippen LogP contribution in [0.1, 0.15) is 41.6 Å². The standard InChI is InChI=1S/C23H22N4O5S/c1-23(12-6-7-14-15(10-12)32-9-8-31-14)21(29)27(22(30)26-23)11-17-24-19(28)18-13-4-2-3-5-16(13)33-20(18)25-17/h6-7,10H,2-5,8-9,11H2,1H3,(H,26,30)(H,24,25,28). The summed E-state index contributed by atoms with van der Waals surface area (Å²) < 4.78 is 11.2. The van der Waals surface area contributed by atoms with Gasteiger partial charge in [-0.05, 0) is 55.9 Å². The Morgan fingerprint density at radius 1 is 1.12 bits per heavy atom. The van der Waals surface area contributed by atoms with Crippen LogP contribution in [0.3, 0.4) is 0 Å². The zero-order valence-corrected chi connectivity index (χ0v) is 18.8. The van der Waals surface area contributed by atoms with Gasteiger partial charge in [-0.1, -0.05) is 6.07 Å². The van der Waals surface area contributed by atoms with Gasteiger partial charge in [0, 0.05) is 4.88 Å². The summed E-state index contributed by atoms with van der Waals surface area (Å²) in [6.45, 7) is 2.44. The largest absolute Gasteiger partial charge is 0.486 e. The second-order valence-corrected chi connectivity index (χ2v) is 9.79. The zero-order valence-electron chi connectivity index (χ0n) is 18.0. The Balaban J connectivity index is 1.31. The molecule has 3 amide bonds. The second-order valence-electron chi connectivity index (χ2n) is 8.71. The van der Waals surface area contributed by atoms with Crippen molar-refractivity contribution in [2.75, 3.05) is 13.2 Å². The van der Waals surface area contributed by atoms with Crippen LogP contribution in [0.4, 0.5) is 4.79 Å². The average Bonchev–Trinajstić information content (AvgIpc) is 3.29. The maximum absolute atomic E-state index is 13.4. The topological polar surface area (TPSA) is 114 Å². The molecule has 6 rings (SSSR count). The highest BCUT2D eigenvalue weighted by Gasteiger charge is 2.49. The normalized spacial score (nSPS) is 21.9. The predicted octanol–water partition coefficient (Wildman–Crippen LogP) is 2.60. The number of urea groups is 1. The Morgan fingerprint density at radius 3 is 2.76 bits per heavy atom. The smallest absolute Gasteiger partial charge is 0.325 e. The third-order valence-electron chi connectivity index (χ3n) is 6.58. The number of benzene rings is 1. The van der Waals surface area contributed by atoms with E-state index in [2.05, 4.69) is 15.3 Å². The van der Waals surface area contributed by atoms with Gasteiger partial charge in [0.25, 0.3) is 11.5 Å².